The Bertz CT molecular complexity index is 825. The van der Waals surface area contributed by atoms with Gasteiger partial charge in [0.15, 0.2) is 11.5 Å². The molecule has 1 atom stereocenters. The van der Waals surface area contributed by atoms with Crippen molar-refractivity contribution in [3.05, 3.63) is 46.6 Å². The third-order valence-corrected chi connectivity index (χ3v) is 4.09. The third kappa shape index (κ3) is 2.96. The number of ether oxygens (including phenoxy) is 4. The highest BCUT2D eigenvalue weighted by atomic mass is 35.5. The molecule has 0 saturated carbocycles. The highest BCUT2D eigenvalue weighted by Crippen LogP contribution is 2.43. The summed E-state index contributed by atoms with van der Waals surface area (Å²) < 4.78 is 21.2. The summed E-state index contributed by atoms with van der Waals surface area (Å²) in [7, 11) is 0. The maximum absolute atomic E-state index is 12.5. The number of carbonyl (C=O) groups excluding carboxylic acids is 1. The lowest BCUT2D eigenvalue weighted by molar-refractivity contribution is -0.139. The molecule has 1 aromatic carbocycles. The second-order valence-corrected chi connectivity index (χ2v) is 5.50. The average molecular weight is 363 g/mol. The second-order valence-electron chi connectivity index (χ2n) is 5.23. The fraction of sp³-hybridized carbons (Fsp3) is 0.294. The van der Waals surface area contributed by atoms with Gasteiger partial charge in [-0.25, -0.2) is 4.79 Å². The van der Waals surface area contributed by atoms with E-state index in [4.69, 9.17) is 36.3 Å². The largest absolute Gasteiger partial charge is 0.463 e. The molecule has 0 radical (unpaired) electrons. The first-order valence-corrected chi connectivity index (χ1v) is 8.07. The predicted molar refractivity (Wildman–Crippen MR) is 87.6 cm³/mol. The van der Waals surface area contributed by atoms with E-state index >= 15 is 0 Å². The molecule has 2 aliphatic rings. The summed E-state index contributed by atoms with van der Waals surface area (Å²) in [5.41, 5.74) is 6.75. The Morgan fingerprint density at radius 3 is 2.88 bits per heavy atom. The highest BCUT2D eigenvalue weighted by Gasteiger charge is 2.38. The summed E-state index contributed by atoms with van der Waals surface area (Å²) >= 11 is 5.93. The van der Waals surface area contributed by atoms with Crippen LogP contribution in [0.25, 0.3) is 0 Å². The van der Waals surface area contributed by atoms with E-state index in [9.17, 15) is 10.1 Å². The fourth-order valence-corrected chi connectivity index (χ4v) is 2.97. The lowest BCUT2D eigenvalue weighted by atomic mass is 9.83. The third-order valence-electron chi connectivity index (χ3n) is 3.84. The van der Waals surface area contributed by atoms with E-state index in [1.165, 1.54) is 0 Å². The number of nitrogens with two attached hydrogens (primary N) is 1. The number of carbonyl (C=O) groups is 1. The number of benzene rings is 1. The Labute approximate surface area is 149 Å². The molecule has 0 unspecified atom stereocenters. The number of halogens is 1. The molecule has 25 heavy (non-hydrogen) atoms. The normalized spacial score (nSPS) is 18.7. The van der Waals surface area contributed by atoms with Gasteiger partial charge in [0.05, 0.1) is 24.0 Å². The van der Waals surface area contributed by atoms with Crippen molar-refractivity contribution in [1.29, 1.82) is 5.26 Å². The number of rotatable bonds is 4. The van der Waals surface area contributed by atoms with Gasteiger partial charge in [-0.05, 0) is 24.6 Å². The molecule has 2 aliphatic heterocycles. The molecular weight excluding hydrogens is 348 g/mol. The monoisotopic (exact) mass is 362 g/mol. The van der Waals surface area contributed by atoms with Crippen LogP contribution < -0.4 is 15.2 Å². The maximum Gasteiger partial charge on any atom is 0.338 e. The standard InChI is InChI=1S/C17H15ClN2O5/c1-2-22-17(21)15-13(6-18)25-16(20)10(7-19)14(15)9-3-4-11-12(5-9)24-8-23-11/h3-5,14H,2,6,8,20H2,1H3/t14-/m0/s1. The van der Waals surface area contributed by atoms with Crippen LogP contribution in [-0.2, 0) is 14.3 Å². The summed E-state index contributed by atoms with van der Waals surface area (Å²) in [5.74, 6) is -0.273. The summed E-state index contributed by atoms with van der Waals surface area (Å²) in [6.07, 6.45) is 0. The van der Waals surface area contributed by atoms with Gasteiger partial charge in [-0.3, -0.25) is 0 Å². The van der Waals surface area contributed by atoms with Crippen LogP contribution in [0, 0.1) is 11.3 Å². The summed E-state index contributed by atoms with van der Waals surface area (Å²) in [6, 6.07) is 7.16. The van der Waals surface area contributed by atoms with Crippen molar-refractivity contribution in [1.82, 2.24) is 0 Å². The fourth-order valence-electron chi connectivity index (χ4n) is 2.78. The van der Waals surface area contributed by atoms with Crippen molar-refractivity contribution >= 4 is 17.6 Å². The Morgan fingerprint density at radius 1 is 1.44 bits per heavy atom. The minimum Gasteiger partial charge on any atom is -0.463 e. The van der Waals surface area contributed by atoms with Crippen molar-refractivity contribution in [2.75, 3.05) is 19.3 Å². The Morgan fingerprint density at radius 2 is 2.20 bits per heavy atom. The summed E-state index contributed by atoms with van der Waals surface area (Å²) in [5, 5.41) is 9.54. The molecule has 7 nitrogen and oxygen atoms in total. The number of fused-ring (bicyclic) bond motifs is 1. The molecule has 2 heterocycles. The molecule has 0 fully saturated rings. The number of esters is 1. The molecular formula is C17H15ClN2O5. The number of hydrogen-bond acceptors (Lipinski definition) is 7. The average Bonchev–Trinajstić information content (AvgIpc) is 3.08. The molecule has 8 heteroatoms. The van der Waals surface area contributed by atoms with E-state index in [0.717, 1.165) is 0 Å². The number of alkyl halides is 1. The van der Waals surface area contributed by atoms with Gasteiger partial charge in [0.1, 0.15) is 17.4 Å². The van der Waals surface area contributed by atoms with Gasteiger partial charge >= 0.3 is 5.97 Å². The zero-order valence-electron chi connectivity index (χ0n) is 13.4. The second kappa shape index (κ2) is 6.95. The van der Waals surface area contributed by atoms with Gasteiger partial charge in [0, 0.05) is 0 Å². The molecule has 0 amide bonds. The molecule has 0 bridgehead atoms. The quantitative estimate of drug-likeness (QED) is 0.647. The van der Waals surface area contributed by atoms with Crippen LogP contribution in [0.5, 0.6) is 11.5 Å². The van der Waals surface area contributed by atoms with Crippen LogP contribution in [0.4, 0.5) is 0 Å². The minimum absolute atomic E-state index is 0.0887. The zero-order valence-corrected chi connectivity index (χ0v) is 14.1. The Hall–Kier alpha value is -2.85. The van der Waals surface area contributed by atoms with Crippen molar-refractivity contribution in [2.24, 2.45) is 5.73 Å². The molecule has 2 N–H and O–H groups in total. The number of nitrogens with zero attached hydrogens (tertiary/aromatic N) is 1. The number of allylic oxidation sites excluding steroid dienone is 2. The van der Waals surface area contributed by atoms with Gasteiger partial charge in [-0.2, -0.15) is 5.26 Å². The van der Waals surface area contributed by atoms with Crippen LogP contribution in [-0.4, -0.2) is 25.2 Å². The SMILES string of the molecule is CCOC(=O)C1=C(CCl)OC(N)=C(C#N)[C@@H]1c1ccc2c(c1)OCO2. The van der Waals surface area contributed by atoms with Gasteiger partial charge in [-0.1, -0.05) is 6.07 Å². The lowest BCUT2D eigenvalue weighted by Gasteiger charge is -2.27. The first-order valence-electron chi connectivity index (χ1n) is 7.54. The smallest absolute Gasteiger partial charge is 0.338 e. The van der Waals surface area contributed by atoms with Crippen LogP contribution >= 0.6 is 11.6 Å². The van der Waals surface area contributed by atoms with Crippen LogP contribution in [0.15, 0.2) is 41.0 Å². The topological polar surface area (TPSA) is 104 Å². The van der Waals surface area contributed by atoms with Crippen molar-refractivity contribution in [2.45, 2.75) is 12.8 Å². The number of hydrogen-bond donors (Lipinski definition) is 1. The zero-order chi connectivity index (χ0) is 18.0. The van der Waals surface area contributed by atoms with E-state index in [-0.39, 0.29) is 42.1 Å². The van der Waals surface area contributed by atoms with Gasteiger partial charge < -0.3 is 24.7 Å². The van der Waals surface area contributed by atoms with E-state index in [0.29, 0.717) is 17.1 Å². The molecule has 0 aliphatic carbocycles. The summed E-state index contributed by atoms with van der Waals surface area (Å²) in [4.78, 5) is 12.5. The summed E-state index contributed by atoms with van der Waals surface area (Å²) in [6.45, 7) is 1.98. The first-order chi connectivity index (χ1) is 12.1. The van der Waals surface area contributed by atoms with Gasteiger partial charge in [0.2, 0.25) is 12.7 Å². The van der Waals surface area contributed by atoms with Gasteiger partial charge in [-0.15, -0.1) is 11.6 Å². The molecule has 1 aromatic rings. The van der Waals surface area contributed by atoms with E-state index < -0.39 is 11.9 Å². The van der Waals surface area contributed by atoms with Crippen molar-refractivity contribution in [3.8, 4) is 17.6 Å². The van der Waals surface area contributed by atoms with Crippen LogP contribution in [0.3, 0.4) is 0 Å². The number of nitriles is 1. The van der Waals surface area contributed by atoms with Crippen molar-refractivity contribution in [3.63, 3.8) is 0 Å². The lowest BCUT2D eigenvalue weighted by Crippen LogP contribution is -2.26. The predicted octanol–water partition coefficient (Wildman–Crippen LogP) is 2.28. The van der Waals surface area contributed by atoms with E-state index in [2.05, 4.69) is 0 Å². The minimum atomic E-state index is -0.763. The van der Waals surface area contributed by atoms with E-state index in [1.807, 2.05) is 6.07 Å². The van der Waals surface area contributed by atoms with E-state index in [1.54, 1.807) is 25.1 Å². The Kier molecular flexibility index (Phi) is 4.72. The highest BCUT2D eigenvalue weighted by molar-refractivity contribution is 6.19. The van der Waals surface area contributed by atoms with Gasteiger partial charge in [0.25, 0.3) is 0 Å². The van der Waals surface area contributed by atoms with Crippen LogP contribution in [0.2, 0.25) is 0 Å². The first kappa shape index (κ1) is 17.0. The molecule has 0 saturated heterocycles. The van der Waals surface area contributed by atoms with Crippen LogP contribution in [0.1, 0.15) is 18.4 Å². The molecule has 130 valence electrons. The molecule has 3 rings (SSSR count). The molecule has 0 aromatic heterocycles. The molecule has 0 spiro atoms. The Balaban J connectivity index is 2.15. The maximum atomic E-state index is 12.5. The van der Waals surface area contributed by atoms with Crippen molar-refractivity contribution < 1.29 is 23.7 Å².